The Morgan fingerprint density at radius 2 is 2.25 bits per heavy atom. The first kappa shape index (κ1) is 12.0. The molecule has 0 bridgehead atoms. The first-order valence-electron chi connectivity index (χ1n) is 4.78. The molecule has 3 N–H and O–H groups in total. The standard InChI is InChI=1S/C10H13N3O3/c1-3-16-10(14)12-8-5-4-7(11)6-9(8)13(2)15/h4-6H,3,11H2,1-2H3/p+1. The third-order valence-electron chi connectivity index (χ3n) is 1.87. The van der Waals surface area contributed by atoms with Crippen molar-refractivity contribution in [3.05, 3.63) is 23.1 Å². The smallest absolute Gasteiger partial charge is 0.411 e. The normalized spacial score (nSPS) is 9.62. The molecule has 0 unspecified atom stereocenters. The molecule has 6 nitrogen and oxygen atoms in total. The molecule has 0 heterocycles. The summed E-state index contributed by atoms with van der Waals surface area (Å²) >= 11 is 0. The molecule has 1 amide bonds. The Labute approximate surface area is 93.0 Å². The minimum absolute atomic E-state index is 0.267. The van der Waals surface area contributed by atoms with Crippen molar-refractivity contribution in [2.24, 2.45) is 0 Å². The SMILES string of the molecule is CCOC(=O)Nc1ccc(N)cc1[N+](C)=O. The van der Waals surface area contributed by atoms with Crippen LogP contribution >= 0.6 is 0 Å². The Bertz CT molecular complexity index is 418. The van der Waals surface area contributed by atoms with Gasteiger partial charge in [0.05, 0.1) is 6.61 Å². The molecular formula is C10H14N3O3+. The molecule has 86 valence electrons. The summed E-state index contributed by atoms with van der Waals surface area (Å²) < 4.78 is 5.33. The van der Waals surface area contributed by atoms with E-state index in [1.165, 1.54) is 13.1 Å². The van der Waals surface area contributed by atoms with E-state index in [9.17, 15) is 9.70 Å². The number of anilines is 2. The average molecular weight is 224 g/mol. The quantitative estimate of drug-likeness (QED) is 0.606. The number of hydrogen-bond donors (Lipinski definition) is 2. The molecule has 0 radical (unpaired) electrons. The van der Waals surface area contributed by atoms with Crippen molar-refractivity contribution in [1.82, 2.24) is 0 Å². The van der Waals surface area contributed by atoms with Gasteiger partial charge in [0.2, 0.25) is 0 Å². The molecular weight excluding hydrogens is 210 g/mol. The number of benzene rings is 1. The van der Waals surface area contributed by atoms with E-state index in [0.717, 1.165) is 0 Å². The molecule has 0 spiro atoms. The van der Waals surface area contributed by atoms with Gasteiger partial charge in [-0.1, -0.05) is 0 Å². The summed E-state index contributed by atoms with van der Waals surface area (Å²) in [6, 6.07) is 4.62. The Morgan fingerprint density at radius 1 is 1.56 bits per heavy atom. The second kappa shape index (κ2) is 5.11. The fourth-order valence-corrected chi connectivity index (χ4v) is 1.19. The fraction of sp³-hybridized carbons (Fsp3) is 0.300. The van der Waals surface area contributed by atoms with Crippen LogP contribution in [0.15, 0.2) is 18.2 Å². The molecule has 0 saturated heterocycles. The molecule has 1 aromatic rings. The molecule has 1 aromatic carbocycles. The number of ether oxygens (including phenoxy) is 1. The van der Waals surface area contributed by atoms with Crippen LogP contribution in [0.3, 0.4) is 0 Å². The van der Waals surface area contributed by atoms with Gasteiger partial charge in [-0.2, -0.15) is 0 Å². The van der Waals surface area contributed by atoms with Crippen LogP contribution in [-0.2, 0) is 4.74 Å². The van der Waals surface area contributed by atoms with Gasteiger partial charge >= 0.3 is 6.09 Å². The molecule has 0 aliphatic rings. The van der Waals surface area contributed by atoms with Crippen molar-refractivity contribution in [3.8, 4) is 0 Å². The Morgan fingerprint density at radius 3 is 2.81 bits per heavy atom. The number of nitroso groups, excluding NO2 is 1. The maximum absolute atomic E-state index is 11.2. The zero-order chi connectivity index (χ0) is 12.1. The number of carbonyl (C=O) groups excluding carboxylic acids is 1. The summed E-state index contributed by atoms with van der Waals surface area (Å²) in [5.41, 5.74) is 6.65. The molecule has 0 fully saturated rings. The van der Waals surface area contributed by atoms with Crippen LogP contribution in [0.5, 0.6) is 0 Å². The lowest BCUT2D eigenvalue weighted by Gasteiger charge is -2.05. The number of amides is 1. The van der Waals surface area contributed by atoms with Gasteiger partial charge in [-0.25, -0.2) is 4.79 Å². The van der Waals surface area contributed by atoms with Crippen molar-refractivity contribution in [2.45, 2.75) is 6.92 Å². The minimum atomic E-state index is -0.602. The molecule has 0 aliphatic heterocycles. The van der Waals surface area contributed by atoms with Gasteiger partial charge < -0.3 is 10.5 Å². The number of carbonyl (C=O) groups is 1. The second-order valence-electron chi connectivity index (χ2n) is 3.12. The van der Waals surface area contributed by atoms with Gasteiger partial charge in [0.15, 0.2) is 7.05 Å². The maximum Gasteiger partial charge on any atom is 0.411 e. The molecule has 6 heteroatoms. The second-order valence-corrected chi connectivity index (χ2v) is 3.12. The number of hydrogen-bond acceptors (Lipinski definition) is 4. The van der Waals surface area contributed by atoms with Crippen LogP contribution < -0.4 is 11.1 Å². The first-order chi connectivity index (χ1) is 7.54. The van der Waals surface area contributed by atoms with Gasteiger partial charge in [0.25, 0.3) is 5.69 Å². The van der Waals surface area contributed by atoms with E-state index in [1.54, 1.807) is 19.1 Å². The lowest BCUT2D eigenvalue weighted by Crippen LogP contribution is -2.14. The van der Waals surface area contributed by atoms with Gasteiger partial charge in [-0.3, -0.25) is 5.32 Å². The lowest BCUT2D eigenvalue weighted by atomic mass is 10.2. The maximum atomic E-state index is 11.2. The molecule has 16 heavy (non-hydrogen) atoms. The summed E-state index contributed by atoms with van der Waals surface area (Å²) in [7, 11) is 1.32. The van der Waals surface area contributed by atoms with Crippen LogP contribution in [0.25, 0.3) is 0 Å². The third-order valence-corrected chi connectivity index (χ3v) is 1.87. The van der Waals surface area contributed by atoms with E-state index in [2.05, 4.69) is 5.32 Å². The highest BCUT2D eigenvalue weighted by Gasteiger charge is 2.17. The number of nitrogens with one attached hydrogen (secondary N) is 1. The molecule has 0 aromatic heterocycles. The van der Waals surface area contributed by atoms with Crippen LogP contribution in [0, 0.1) is 4.91 Å². The van der Waals surface area contributed by atoms with Gasteiger partial charge in [0.1, 0.15) is 5.69 Å². The van der Waals surface area contributed by atoms with Crippen molar-refractivity contribution in [2.75, 3.05) is 24.7 Å². The minimum Gasteiger partial charge on any atom is -0.450 e. The molecule has 0 aliphatic carbocycles. The van der Waals surface area contributed by atoms with Crippen molar-refractivity contribution >= 4 is 23.2 Å². The molecule has 0 saturated carbocycles. The predicted octanol–water partition coefficient (Wildman–Crippen LogP) is 1.88. The fourth-order valence-electron chi connectivity index (χ4n) is 1.19. The highest BCUT2D eigenvalue weighted by molar-refractivity contribution is 5.88. The topological polar surface area (TPSA) is 84.4 Å². The zero-order valence-corrected chi connectivity index (χ0v) is 9.19. The number of nitrogens with two attached hydrogens (primary N) is 1. The van der Waals surface area contributed by atoms with Gasteiger partial charge in [-0.15, -0.1) is 0 Å². The summed E-state index contributed by atoms with van der Waals surface area (Å²) in [6.07, 6.45) is -0.602. The number of rotatable bonds is 3. The van der Waals surface area contributed by atoms with E-state index in [0.29, 0.717) is 16.1 Å². The summed E-state index contributed by atoms with van der Waals surface area (Å²) in [5, 5.41) is 2.46. The van der Waals surface area contributed by atoms with E-state index >= 15 is 0 Å². The first-order valence-corrected chi connectivity index (χ1v) is 4.78. The zero-order valence-electron chi connectivity index (χ0n) is 9.19. The van der Waals surface area contributed by atoms with E-state index in [1.807, 2.05) is 0 Å². The van der Waals surface area contributed by atoms with Gasteiger partial charge in [-0.05, 0) is 19.1 Å². The van der Waals surface area contributed by atoms with E-state index in [4.69, 9.17) is 10.5 Å². The summed E-state index contributed by atoms with van der Waals surface area (Å²) in [5.74, 6) is 0. The Balaban J connectivity index is 2.95. The van der Waals surface area contributed by atoms with Crippen LogP contribution in [-0.4, -0.2) is 24.5 Å². The lowest BCUT2D eigenvalue weighted by molar-refractivity contribution is -0.427. The highest BCUT2D eigenvalue weighted by atomic mass is 16.5. The predicted molar refractivity (Wildman–Crippen MR) is 60.7 cm³/mol. The van der Waals surface area contributed by atoms with Crippen molar-refractivity contribution in [3.63, 3.8) is 0 Å². The Kier molecular flexibility index (Phi) is 3.82. The molecule has 1 rings (SSSR count). The van der Waals surface area contributed by atoms with Crippen LogP contribution in [0.4, 0.5) is 21.9 Å². The van der Waals surface area contributed by atoms with Crippen molar-refractivity contribution in [1.29, 1.82) is 0 Å². The van der Waals surface area contributed by atoms with E-state index in [-0.39, 0.29) is 12.3 Å². The number of nitrogen functional groups attached to an aromatic ring is 1. The van der Waals surface area contributed by atoms with Crippen molar-refractivity contribution < 1.29 is 14.3 Å². The molecule has 0 atom stereocenters. The van der Waals surface area contributed by atoms with Crippen LogP contribution in [0.1, 0.15) is 6.92 Å². The average Bonchev–Trinajstić information content (AvgIpc) is 2.20. The third kappa shape index (κ3) is 2.94. The largest absolute Gasteiger partial charge is 0.450 e. The van der Waals surface area contributed by atoms with Gasteiger partial charge in [0, 0.05) is 21.4 Å². The monoisotopic (exact) mass is 224 g/mol. The van der Waals surface area contributed by atoms with E-state index < -0.39 is 6.09 Å². The summed E-state index contributed by atoms with van der Waals surface area (Å²) in [4.78, 5) is 22.4. The Hall–Kier alpha value is -2.11. The number of nitrogens with zero attached hydrogens (tertiary/aromatic N) is 1. The summed E-state index contributed by atoms with van der Waals surface area (Å²) in [6.45, 7) is 1.96. The highest BCUT2D eigenvalue weighted by Crippen LogP contribution is 2.26. The van der Waals surface area contributed by atoms with Crippen LogP contribution in [0.2, 0.25) is 0 Å².